The number of carbonyl (C=O) groups is 2. The lowest BCUT2D eigenvalue weighted by molar-refractivity contribution is -0.141. The van der Waals surface area contributed by atoms with E-state index in [9.17, 15) is 14.0 Å². The second-order valence-electron chi connectivity index (χ2n) is 5.07. The lowest BCUT2D eigenvalue weighted by Gasteiger charge is -2.11. The summed E-state index contributed by atoms with van der Waals surface area (Å²) in [7, 11) is 0. The van der Waals surface area contributed by atoms with E-state index in [1.165, 1.54) is 12.1 Å². The third-order valence-electron chi connectivity index (χ3n) is 3.39. The van der Waals surface area contributed by atoms with Crippen LogP contribution in [0.15, 0.2) is 22.7 Å². The van der Waals surface area contributed by atoms with E-state index in [0.717, 1.165) is 6.42 Å². The van der Waals surface area contributed by atoms with Crippen molar-refractivity contribution in [2.24, 2.45) is 5.92 Å². The van der Waals surface area contributed by atoms with Gasteiger partial charge >= 0.3 is 5.97 Å². The maximum Gasteiger partial charge on any atom is 0.308 e. The number of nitrogens with one attached hydrogen (secondary N) is 2. The molecule has 0 spiro atoms. The zero-order valence-corrected chi connectivity index (χ0v) is 13.5. The minimum atomic E-state index is -0.936. The molecule has 0 saturated carbocycles. The highest BCUT2D eigenvalue weighted by molar-refractivity contribution is 9.10. The Hall–Kier alpha value is -1.89. The predicted molar refractivity (Wildman–Crippen MR) is 84.3 cm³/mol. The van der Waals surface area contributed by atoms with Gasteiger partial charge in [0.05, 0.1) is 11.4 Å². The Balaban J connectivity index is 2.13. The van der Waals surface area contributed by atoms with E-state index in [4.69, 9.17) is 5.11 Å². The average Bonchev–Trinajstić information content (AvgIpc) is 2.87. The summed E-state index contributed by atoms with van der Waals surface area (Å²) in [5, 5.41) is 11.9. The fourth-order valence-corrected chi connectivity index (χ4v) is 2.69. The molecule has 2 rings (SSSR count). The first-order valence-corrected chi connectivity index (χ1v) is 7.70. The Morgan fingerprint density at radius 1 is 1.41 bits per heavy atom. The number of amides is 1. The van der Waals surface area contributed by atoms with Gasteiger partial charge in [-0.25, -0.2) is 4.39 Å². The average molecular weight is 371 g/mol. The van der Waals surface area contributed by atoms with Crippen molar-refractivity contribution in [2.45, 2.75) is 19.8 Å². The molecule has 0 aliphatic carbocycles. The summed E-state index contributed by atoms with van der Waals surface area (Å²) in [4.78, 5) is 26.0. The highest BCUT2D eigenvalue weighted by atomic mass is 79.9. The number of aromatic nitrogens is 1. The van der Waals surface area contributed by atoms with Gasteiger partial charge in [0.2, 0.25) is 0 Å². The van der Waals surface area contributed by atoms with Crippen LogP contribution >= 0.6 is 15.9 Å². The molecule has 0 fully saturated rings. The van der Waals surface area contributed by atoms with Crippen LogP contribution in [0.4, 0.5) is 4.39 Å². The quantitative estimate of drug-likeness (QED) is 0.729. The van der Waals surface area contributed by atoms with E-state index in [2.05, 4.69) is 26.2 Å². The molecular weight excluding hydrogens is 355 g/mol. The molecule has 22 heavy (non-hydrogen) atoms. The van der Waals surface area contributed by atoms with Crippen LogP contribution < -0.4 is 5.32 Å². The number of H-pyrrole nitrogens is 1. The van der Waals surface area contributed by atoms with Gasteiger partial charge in [0, 0.05) is 16.4 Å². The molecule has 1 aromatic heterocycles. The monoisotopic (exact) mass is 370 g/mol. The number of hydrogen-bond acceptors (Lipinski definition) is 2. The number of aliphatic carboxylic acids is 1. The Morgan fingerprint density at radius 3 is 2.77 bits per heavy atom. The first-order valence-electron chi connectivity index (χ1n) is 6.91. The van der Waals surface area contributed by atoms with Crippen molar-refractivity contribution < 1.29 is 19.1 Å². The maximum absolute atomic E-state index is 13.8. The summed E-state index contributed by atoms with van der Waals surface area (Å²) in [6.45, 7) is 1.93. The second-order valence-corrected chi connectivity index (χ2v) is 5.98. The second kappa shape index (κ2) is 6.91. The minimum Gasteiger partial charge on any atom is -0.481 e. The number of halogens is 2. The summed E-state index contributed by atoms with van der Waals surface area (Å²) in [6, 6.07) is 4.41. The number of rotatable bonds is 6. The highest BCUT2D eigenvalue weighted by Gasteiger charge is 2.19. The summed E-state index contributed by atoms with van der Waals surface area (Å²) < 4.78 is 14.4. The van der Waals surface area contributed by atoms with Crippen LogP contribution in [0.1, 0.15) is 30.3 Å². The Labute approximate surface area is 135 Å². The topological polar surface area (TPSA) is 82.2 Å². The first kappa shape index (κ1) is 16.5. The van der Waals surface area contributed by atoms with Crippen LogP contribution in [-0.4, -0.2) is 28.5 Å². The van der Waals surface area contributed by atoms with Gasteiger partial charge in [-0.15, -0.1) is 0 Å². The SMILES string of the molecule is CCCC(CNC(=O)c1cc2c(F)cc(Br)cc2[nH]1)C(=O)O. The molecule has 3 N–H and O–H groups in total. The van der Waals surface area contributed by atoms with Crippen molar-refractivity contribution in [3.63, 3.8) is 0 Å². The number of benzene rings is 1. The lowest BCUT2D eigenvalue weighted by atomic mass is 10.0. The molecular formula is C15H16BrFN2O3. The Bertz CT molecular complexity index is 714. The third-order valence-corrected chi connectivity index (χ3v) is 3.85. The van der Waals surface area contributed by atoms with Gasteiger partial charge < -0.3 is 15.4 Å². The molecule has 0 aliphatic heterocycles. The maximum atomic E-state index is 13.8. The molecule has 2 aromatic rings. The number of carbonyl (C=O) groups excluding carboxylic acids is 1. The van der Waals surface area contributed by atoms with Crippen LogP contribution in [0.2, 0.25) is 0 Å². The fourth-order valence-electron chi connectivity index (χ4n) is 2.26. The predicted octanol–water partition coefficient (Wildman–Crippen LogP) is 3.30. The van der Waals surface area contributed by atoms with Gasteiger partial charge in [0.1, 0.15) is 11.5 Å². The molecule has 1 aromatic carbocycles. The van der Waals surface area contributed by atoms with Crippen molar-refractivity contribution in [2.75, 3.05) is 6.54 Å². The minimum absolute atomic E-state index is 0.0452. The van der Waals surface area contributed by atoms with Crippen LogP contribution in [0.25, 0.3) is 10.9 Å². The Kier molecular flexibility index (Phi) is 5.18. The standard InChI is InChI=1S/C15H16BrFN2O3/c1-2-3-8(15(21)22)7-18-14(20)13-6-10-11(17)4-9(16)5-12(10)19-13/h4-6,8,19H,2-3,7H2,1H3,(H,18,20)(H,21,22). The molecule has 5 nitrogen and oxygen atoms in total. The summed E-state index contributed by atoms with van der Waals surface area (Å²) >= 11 is 3.19. The molecule has 0 radical (unpaired) electrons. The van der Waals surface area contributed by atoms with Gasteiger partial charge in [-0.2, -0.15) is 0 Å². The zero-order chi connectivity index (χ0) is 16.3. The van der Waals surface area contributed by atoms with Crippen molar-refractivity contribution in [1.29, 1.82) is 0 Å². The lowest BCUT2D eigenvalue weighted by Crippen LogP contribution is -2.33. The smallest absolute Gasteiger partial charge is 0.308 e. The van der Waals surface area contributed by atoms with Gasteiger partial charge in [-0.05, 0) is 24.6 Å². The number of carboxylic acids is 1. The first-order chi connectivity index (χ1) is 10.4. The summed E-state index contributed by atoms with van der Waals surface area (Å²) in [5.74, 6) is -2.44. The van der Waals surface area contributed by atoms with Crippen LogP contribution in [0, 0.1) is 11.7 Å². The van der Waals surface area contributed by atoms with Crippen LogP contribution in [0.5, 0.6) is 0 Å². The number of aromatic amines is 1. The van der Waals surface area contributed by atoms with Crippen LogP contribution in [-0.2, 0) is 4.79 Å². The van der Waals surface area contributed by atoms with E-state index in [1.54, 1.807) is 6.07 Å². The number of carboxylic acid groups (broad SMARTS) is 1. The molecule has 118 valence electrons. The summed E-state index contributed by atoms with van der Waals surface area (Å²) in [5.41, 5.74) is 0.702. The van der Waals surface area contributed by atoms with Gasteiger partial charge in [-0.1, -0.05) is 29.3 Å². The molecule has 1 heterocycles. The number of fused-ring (bicyclic) bond motifs is 1. The normalized spacial score (nSPS) is 12.3. The van der Waals surface area contributed by atoms with E-state index < -0.39 is 23.6 Å². The van der Waals surface area contributed by atoms with Crippen molar-refractivity contribution in [1.82, 2.24) is 10.3 Å². The molecule has 0 bridgehead atoms. The highest BCUT2D eigenvalue weighted by Crippen LogP contribution is 2.24. The molecule has 1 amide bonds. The van der Waals surface area contributed by atoms with Gasteiger partial charge in [0.25, 0.3) is 5.91 Å². The van der Waals surface area contributed by atoms with E-state index in [0.29, 0.717) is 21.8 Å². The molecule has 1 unspecified atom stereocenters. The van der Waals surface area contributed by atoms with E-state index >= 15 is 0 Å². The van der Waals surface area contributed by atoms with Crippen molar-refractivity contribution in [3.05, 3.63) is 34.2 Å². The molecule has 7 heteroatoms. The van der Waals surface area contributed by atoms with Crippen molar-refractivity contribution in [3.8, 4) is 0 Å². The largest absolute Gasteiger partial charge is 0.481 e. The van der Waals surface area contributed by atoms with Gasteiger partial charge in [-0.3, -0.25) is 9.59 Å². The molecule has 1 atom stereocenters. The zero-order valence-electron chi connectivity index (χ0n) is 12.0. The third kappa shape index (κ3) is 3.65. The summed E-state index contributed by atoms with van der Waals surface area (Å²) in [6.07, 6.45) is 1.21. The molecule has 0 saturated heterocycles. The Morgan fingerprint density at radius 2 is 2.14 bits per heavy atom. The number of hydrogen-bond donors (Lipinski definition) is 3. The molecule has 0 aliphatic rings. The fraction of sp³-hybridized carbons (Fsp3) is 0.333. The van der Waals surface area contributed by atoms with E-state index in [-0.39, 0.29) is 12.2 Å². The van der Waals surface area contributed by atoms with E-state index in [1.807, 2.05) is 6.92 Å². The van der Waals surface area contributed by atoms with Crippen LogP contribution in [0.3, 0.4) is 0 Å². The van der Waals surface area contributed by atoms with Gasteiger partial charge in [0.15, 0.2) is 0 Å². The van der Waals surface area contributed by atoms with Crippen molar-refractivity contribution >= 4 is 38.7 Å².